The average Bonchev–Trinajstić information content (AvgIpc) is 2.16. The van der Waals surface area contributed by atoms with Crippen molar-refractivity contribution in [2.24, 2.45) is 11.7 Å². The molecule has 2 N–H and O–H groups in total. The lowest BCUT2D eigenvalue weighted by molar-refractivity contribution is -0.132. The zero-order chi connectivity index (χ0) is 11.1. The molecule has 0 radical (unpaired) electrons. The number of carbonyl (C=O) groups is 1. The van der Waals surface area contributed by atoms with Gasteiger partial charge in [0.1, 0.15) is 0 Å². The maximum atomic E-state index is 11.7. The molecule has 0 saturated heterocycles. The van der Waals surface area contributed by atoms with E-state index in [1.165, 1.54) is 0 Å². The Morgan fingerprint density at radius 1 is 1.43 bits per heavy atom. The zero-order valence-corrected chi connectivity index (χ0v) is 9.92. The monoisotopic (exact) mass is 200 g/mol. The summed E-state index contributed by atoms with van der Waals surface area (Å²) in [5.41, 5.74) is 5.48. The van der Waals surface area contributed by atoms with Gasteiger partial charge in [-0.3, -0.25) is 4.79 Å². The number of amides is 1. The third kappa shape index (κ3) is 4.61. The van der Waals surface area contributed by atoms with Gasteiger partial charge in [0.25, 0.3) is 0 Å². The van der Waals surface area contributed by atoms with E-state index in [0.29, 0.717) is 24.9 Å². The molecule has 0 saturated carbocycles. The van der Waals surface area contributed by atoms with Gasteiger partial charge in [-0.05, 0) is 25.8 Å². The quantitative estimate of drug-likeness (QED) is 0.708. The van der Waals surface area contributed by atoms with Crippen LogP contribution in [0, 0.1) is 5.92 Å². The molecule has 0 aromatic rings. The molecule has 0 aliphatic carbocycles. The smallest absolute Gasteiger partial charge is 0.222 e. The van der Waals surface area contributed by atoms with Crippen molar-refractivity contribution in [3.63, 3.8) is 0 Å². The normalized spacial score (nSPS) is 14.9. The number of nitrogens with two attached hydrogens (primary N) is 1. The number of hydrogen-bond acceptors (Lipinski definition) is 2. The summed E-state index contributed by atoms with van der Waals surface area (Å²) in [5.74, 6) is 0.502. The molecule has 0 rings (SSSR count). The van der Waals surface area contributed by atoms with Crippen LogP contribution >= 0.6 is 0 Å². The van der Waals surface area contributed by atoms with Crippen LogP contribution in [0.15, 0.2) is 0 Å². The molecule has 0 heterocycles. The minimum atomic E-state index is 0.212. The molecule has 0 spiro atoms. The van der Waals surface area contributed by atoms with Crippen molar-refractivity contribution in [2.75, 3.05) is 13.6 Å². The SMILES string of the molecule is CCCC(C)N(C)C(=O)CC(C)CN. The summed E-state index contributed by atoms with van der Waals surface area (Å²) >= 11 is 0. The molecular weight excluding hydrogens is 176 g/mol. The highest BCUT2D eigenvalue weighted by Crippen LogP contribution is 2.09. The lowest BCUT2D eigenvalue weighted by atomic mass is 10.1. The molecule has 0 aliphatic rings. The van der Waals surface area contributed by atoms with Crippen molar-refractivity contribution >= 4 is 5.91 Å². The highest BCUT2D eigenvalue weighted by Gasteiger charge is 2.16. The highest BCUT2D eigenvalue weighted by atomic mass is 16.2. The van der Waals surface area contributed by atoms with Gasteiger partial charge in [-0.15, -0.1) is 0 Å². The summed E-state index contributed by atoms with van der Waals surface area (Å²) in [6.07, 6.45) is 2.76. The first kappa shape index (κ1) is 13.4. The van der Waals surface area contributed by atoms with E-state index in [1.807, 2.05) is 18.9 Å². The van der Waals surface area contributed by atoms with Gasteiger partial charge >= 0.3 is 0 Å². The van der Waals surface area contributed by atoms with Gasteiger partial charge in [-0.1, -0.05) is 20.3 Å². The van der Waals surface area contributed by atoms with Gasteiger partial charge in [-0.2, -0.15) is 0 Å². The minimum absolute atomic E-state index is 0.212. The van der Waals surface area contributed by atoms with E-state index in [1.54, 1.807) is 0 Å². The van der Waals surface area contributed by atoms with Gasteiger partial charge in [-0.25, -0.2) is 0 Å². The Hall–Kier alpha value is -0.570. The largest absolute Gasteiger partial charge is 0.343 e. The van der Waals surface area contributed by atoms with Crippen molar-refractivity contribution in [1.29, 1.82) is 0 Å². The van der Waals surface area contributed by atoms with E-state index in [0.717, 1.165) is 12.8 Å². The average molecular weight is 200 g/mol. The van der Waals surface area contributed by atoms with E-state index in [2.05, 4.69) is 13.8 Å². The van der Waals surface area contributed by atoms with Crippen LogP contribution in [0.25, 0.3) is 0 Å². The molecule has 2 atom stereocenters. The second-order valence-corrected chi connectivity index (χ2v) is 4.19. The number of nitrogens with zero attached hydrogens (tertiary/aromatic N) is 1. The molecule has 1 amide bonds. The van der Waals surface area contributed by atoms with Crippen LogP contribution in [0.3, 0.4) is 0 Å². The van der Waals surface area contributed by atoms with Gasteiger partial charge in [0.2, 0.25) is 5.91 Å². The van der Waals surface area contributed by atoms with Gasteiger partial charge < -0.3 is 10.6 Å². The van der Waals surface area contributed by atoms with E-state index in [-0.39, 0.29) is 5.91 Å². The summed E-state index contributed by atoms with van der Waals surface area (Å²) in [5, 5.41) is 0. The minimum Gasteiger partial charge on any atom is -0.343 e. The predicted octanol–water partition coefficient (Wildman–Crippen LogP) is 1.62. The number of hydrogen-bond donors (Lipinski definition) is 1. The van der Waals surface area contributed by atoms with Gasteiger partial charge in [0.05, 0.1) is 0 Å². The molecule has 0 bridgehead atoms. The van der Waals surface area contributed by atoms with E-state index in [9.17, 15) is 4.79 Å². The Labute approximate surface area is 87.6 Å². The van der Waals surface area contributed by atoms with Crippen molar-refractivity contribution in [3.8, 4) is 0 Å². The molecule has 2 unspecified atom stereocenters. The Kier molecular flexibility index (Phi) is 6.54. The molecule has 0 aliphatic heterocycles. The van der Waals surface area contributed by atoms with Crippen LogP contribution < -0.4 is 5.73 Å². The predicted molar refractivity (Wildman–Crippen MR) is 60.0 cm³/mol. The van der Waals surface area contributed by atoms with E-state index in [4.69, 9.17) is 5.73 Å². The zero-order valence-electron chi connectivity index (χ0n) is 9.92. The summed E-state index contributed by atoms with van der Waals surface area (Å²) < 4.78 is 0. The number of rotatable bonds is 6. The first-order chi connectivity index (χ1) is 6.52. The summed E-state index contributed by atoms with van der Waals surface area (Å²) in [4.78, 5) is 13.5. The van der Waals surface area contributed by atoms with Crippen molar-refractivity contribution in [3.05, 3.63) is 0 Å². The molecule has 3 heteroatoms. The van der Waals surface area contributed by atoms with Crippen LogP contribution in [0.1, 0.15) is 40.0 Å². The Balaban J connectivity index is 3.98. The topological polar surface area (TPSA) is 46.3 Å². The maximum absolute atomic E-state index is 11.7. The van der Waals surface area contributed by atoms with Crippen LogP contribution in [0.5, 0.6) is 0 Å². The molecule has 0 aromatic carbocycles. The Bertz CT molecular complexity index is 171. The third-order valence-corrected chi connectivity index (χ3v) is 2.69. The molecular formula is C11H24N2O. The Morgan fingerprint density at radius 2 is 2.00 bits per heavy atom. The lowest BCUT2D eigenvalue weighted by Crippen LogP contribution is -2.36. The van der Waals surface area contributed by atoms with Crippen molar-refractivity contribution < 1.29 is 4.79 Å². The standard InChI is InChI=1S/C11H24N2O/c1-5-6-10(3)13(4)11(14)7-9(2)8-12/h9-10H,5-8,12H2,1-4H3. The fourth-order valence-electron chi connectivity index (χ4n) is 1.38. The molecule has 84 valence electrons. The Morgan fingerprint density at radius 3 is 2.43 bits per heavy atom. The van der Waals surface area contributed by atoms with Crippen LogP contribution in [0.2, 0.25) is 0 Å². The summed E-state index contributed by atoms with van der Waals surface area (Å²) in [7, 11) is 1.88. The second-order valence-electron chi connectivity index (χ2n) is 4.19. The van der Waals surface area contributed by atoms with Crippen LogP contribution in [-0.2, 0) is 4.79 Å². The molecule has 0 aromatic heterocycles. The van der Waals surface area contributed by atoms with E-state index >= 15 is 0 Å². The van der Waals surface area contributed by atoms with Crippen LogP contribution in [-0.4, -0.2) is 30.4 Å². The third-order valence-electron chi connectivity index (χ3n) is 2.69. The molecule has 3 nitrogen and oxygen atoms in total. The first-order valence-corrected chi connectivity index (χ1v) is 5.48. The summed E-state index contributed by atoms with van der Waals surface area (Å²) in [6, 6.07) is 0.345. The van der Waals surface area contributed by atoms with Crippen LogP contribution in [0.4, 0.5) is 0 Å². The fourth-order valence-corrected chi connectivity index (χ4v) is 1.38. The molecule has 0 fully saturated rings. The van der Waals surface area contributed by atoms with Gasteiger partial charge in [0.15, 0.2) is 0 Å². The van der Waals surface area contributed by atoms with Crippen molar-refractivity contribution in [2.45, 2.75) is 46.1 Å². The van der Waals surface area contributed by atoms with Crippen molar-refractivity contribution in [1.82, 2.24) is 4.90 Å². The fraction of sp³-hybridized carbons (Fsp3) is 0.909. The summed E-state index contributed by atoms with van der Waals surface area (Å²) in [6.45, 7) is 6.82. The highest BCUT2D eigenvalue weighted by molar-refractivity contribution is 5.76. The second kappa shape index (κ2) is 6.82. The molecule has 14 heavy (non-hydrogen) atoms. The van der Waals surface area contributed by atoms with E-state index < -0.39 is 0 Å². The first-order valence-electron chi connectivity index (χ1n) is 5.48. The maximum Gasteiger partial charge on any atom is 0.222 e. The lowest BCUT2D eigenvalue weighted by Gasteiger charge is -2.25. The number of carbonyl (C=O) groups excluding carboxylic acids is 1. The van der Waals surface area contributed by atoms with Gasteiger partial charge in [0, 0.05) is 19.5 Å².